The highest BCUT2D eigenvalue weighted by atomic mass is 32.2. The molecule has 1 aromatic heterocycles. The highest BCUT2D eigenvalue weighted by Gasteiger charge is 2.28. The van der Waals surface area contributed by atoms with Crippen LogP contribution in [0.15, 0.2) is 17.4 Å². The molecule has 1 unspecified atom stereocenters. The van der Waals surface area contributed by atoms with E-state index in [1.807, 2.05) is 45.0 Å². The lowest BCUT2D eigenvalue weighted by Crippen LogP contribution is -2.45. The van der Waals surface area contributed by atoms with Crippen LogP contribution in [0.25, 0.3) is 0 Å². The van der Waals surface area contributed by atoms with Crippen LogP contribution in [0.4, 0.5) is 10.6 Å². The van der Waals surface area contributed by atoms with Crippen molar-refractivity contribution in [2.75, 3.05) is 37.8 Å². The third-order valence-corrected chi connectivity index (χ3v) is 4.46. The topological polar surface area (TPSA) is 58.6 Å². The van der Waals surface area contributed by atoms with Gasteiger partial charge in [0.25, 0.3) is 0 Å². The number of hydrogen-bond donors (Lipinski definition) is 0. The van der Waals surface area contributed by atoms with Gasteiger partial charge < -0.3 is 14.5 Å². The van der Waals surface area contributed by atoms with Crippen molar-refractivity contribution in [1.82, 2.24) is 14.9 Å². The molecule has 2 rings (SSSR count). The number of carbonyl (C=O) groups is 1. The molecule has 0 aliphatic carbocycles. The monoisotopic (exact) mass is 352 g/mol. The van der Waals surface area contributed by atoms with Crippen LogP contribution in [0.2, 0.25) is 0 Å². The summed E-state index contributed by atoms with van der Waals surface area (Å²) in [5.74, 6) is 1.34. The number of hydrogen-bond acceptors (Lipinski definition) is 6. The van der Waals surface area contributed by atoms with Gasteiger partial charge in [-0.1, -0.05) is 11.8 Å². The summed E-state index contributed by atoms with van der Waals surface area (Å²) in [4.78, 5) is 25.0. The quantitative estimate of drug-likeness (QED) is 0.612. The van der Waals surface area contributed by atoms with E-state index >= 15 is 0 Å². The number of piperidine rings is 1. The van der Waals surface area contributed by atoms with Crippen LogP contribution in [-0.4, -0.2) is 59.5 Å². The number of nitrogens with zero attached hydrogens (tertiary/aromatic N) is 4. The third-order valence-electron chi connectivity index (χ3n) is 3.90. The Kier molecular flexibility index (Phi) is 6.32. The molecule has 0 saturated carbocycles. The molecule has 1 aliphatic heterocycles. The van der Waals surface area contributed by atoms with Gasteiger partial charge in [0.15, 0.2) is 5.16 Å². The van der Waals surface area contributed by atoms with Gasteiger partial charge in [0.05, 0.1) is 0 Å². The van der Waals surface area contributed by atoms with Gasteiger partial charge in [0.1, 0.15) is 11.4 Å². The van der Waals surface area contributed by atoms with Crippen molar-refractivity contribution < 1.29 is 9.53 Å². The smallest absolute Gasteiger partial charge is 0.410 e. The summed E-state index contributed by atoms with van der Waals surface area (Å²) < 4.78 is 5.50. The SMILES string of the molecule is CSc1nccc(N(C)CC2CCCN(C(=O)OC(C)(C)C)C2)n1. The third kappa shape index (κ3) is 5.54. The van der Waals surface area contributed by atoms with Gasteiger partial charge in [-0.2, -0.15) is 0 Å². The van der Waals surface area contributed by atoms with Crippen molar-refractivity contribution in [3.8, 4) is 0 Å². The van der Waals surface area contributed by atoms with E-state index in [-0.39, 0.29) is 6.09 Å². The number of rotatable bonds is 4. The molecule has 7 heteroatoms. The molecule has 0 spiro atoms. The van der Waals surface area contributed by atoms with Crippen molar-refractivity contribution in [3.63, 3.8) is 0 Å². The van der Waals surface area contributed by atoms with E-state index in [2.05, 4.69) is 14.9 Å². The Morgan fingerprint density at radius 3 is 2.92 bits per heavy atom. The molecule has 1 amide bonds. The van der Waals surface area contributed by atoms with E-state index in [0.29, 0.717) is 5.92 Å². The fraction of sp³-hybridized carbons (Fsp3) is 0.706. The second kappa shape index (κ2) is 8.05. The summed E-state index contributed by atoms with van der Waals surface area (Å²) in [6, 6.07) is 1.92. The molecule has 0 N–H and O–H groups in total. The molecular formula is C17H28N4O2S. The Bertz CT molecular complexity index is 562. The van der Waals surface area contributed by atoms with E-state index in [1.54, 1.807) is 6.20 Å². The predicted octanol–water partition coefficient (Wildman–Crippen LogP) is 3.28. The van der Waals surface area contributed by atoms with E-state index < -0.39 is 5.60 Å². The highest BCUT2D eigenvalue weighted by molar-refractivity contribution is 7.98. The largest absolute Gasteiger partial charge is 0.444 e. The number of thioether (sulfide) groups is 1. The van der Waals surface area contributed by atoms with Crippen LogP contribution >= 0.6 is 11.8 Å². The normalized spacial score (nSPS) is 18.4. The lowest BCUT2D eigenvalue weighted by Gasteiger charge is -2.35. The Morgan fingerprint density at radius 2 is 2.25 bits per heavy atom. The zero-order valence-electron chi connectivity index (χ0n) is 15.3. The number of anilines is 1. The van der Waals surface area contributed by atoms with E-state index in [0.717, 1.165) is 43.5 Å². The van der Waals surface area contributed by atoms with Gasteiger partial charge in [-0.3, -0.25) is 0 Å². The fourth-order valence-electron chi connectivity index (χ4n) is 2.83. The summed E-state index contributed by atoms with van der Waals surface area (Å²) in [5.41, 5.74) is -0.448. The lowest BCUT2D eigenvalue weighted by molar-refractivity contribution is 0.0170. The van der Waals surface area contributed by atoms with Crippen LogP contribution in [0, 0.1) is 5.92 Å². The first kappa shape index (κ1) is 18.8. The molecule has 0 bridgehead atoms. The average Bonchev–Trinajstić information content (AvgIpc) is 2.53. The number of amides is 1. The number of likely N-dealkylation sites (tertiary alicyclic amines) is 1. The molecule has 24 heavy (non-hydrogen) atoms. The Balaban J connectivity index is 1.93. The summed E-state index contributed by atoms with van der Waals surface area (Å²) in [6.45, 7) is 8.08. The molecule has 2 heterocycles. The minimum Gasteiger partial charge on any atom is -0.444 e. The molecule has 0 radical (unpaired) electrons. The Morgan fingerprint density at radius 1 is 1.50 bits per heavy atom. The Hall–Kier alpha value is -1.50. The summed E-state index contributed by atoms with van der Waals surface area (Å²) in [7, 11) is 2.04. The maximum Gasteiger partial charge on any atom is 0.410 e. The number of carbonyl (C=O) groups excluding carboxylic acids is 1. The van der Waals surface area contributed by atoms with Crippen molar-refractivity contribution in [3.05, 3.63) is 12.3 Å². The predicted molar refractivity (Wildman–Crippen MR) is 97.6 cm³/mol. The van der Waals surface area contributed by atoms with E-state index in [4.69, 9.17) is 4.74 Å². The first-order valence-corrected chi connectivity index (χ1v) is 9.57. The summed E-state index contributed by atoms with van der Waals surface area (Å²) in [6.07, 6.45) is 5.68. The van der Waals surface area contributed by atoms with Crippen molar-refractivity contribution in [1.29, 1.82) is 0 Å². The highest BCUT2D eigenvalue weighted by Crippen LogP contribution is 2.22. The van der Waals surface area contributed by atoms with E-state index in [9.17, 15) is 4.79 Å². The van der Waals surface area contributed by atoms with Gasteiger partial charge in [-0.05, 0) is 51.9 Å². The second-order valence-corrected chi connectivity index (χ2v) is 7.99. The zero-order valence-corrected chi connectivity index (χ0v) is 16.1. The maximum absolute atomic E-state index is 12.3. The molecule has 1 fully saturated rings. The molecule has 134 valence electrons. The van der Waals surface area contributed by atoms with Gasteiger partial charge >= 0.3 is 6.09 Å². The first-order valence-electron chi connectivity index (χ1n) is 8.34. The summed E-state index contributed by atoms with van der Waals surface area (Å²) in [5, 5.41) is 0.776. The van der Waals surface area contributed by atoms with Crippen LogP contribution in [-0.2, 0) is 4.74 Å². The molecule has 0 aromatic carbocycles. The van der Waals surface area contributed by atoms with Crippen LogP contribution < -0.4 is 4.90 Å². The number of ether oxygens (including phenoxy) is 1. The Labute approximate surface area is 149 Å². The molecule has 6 nitrogen and oxygen atoms in total. The molecule has 1 aromatic rings. The second-order valence-electron chi connectivity index (χ2n) is 7.22. The number of aromatic nitrogens is 2. The van der Waals surface area contributed by atoms with Crippen molar-refractivity contribution in [2.24, 2.45) is 5.92 Å². The van der Waals surface area contributed by atoms with Crippen molar-refractivity contribution in [2.45, 2.75) is 44.4 Å². The van der Waals surface area contributed by atoms with Gasteiger partial charge in [-0.15, -0.1) is 0 Å². The van der Waals surface area contributed by atoms with Crippen LogP contribution in [0.1, 0.15) is 33.6 Å². The average molecular weight is 353 g/mol. The zero-order chi connectivity index (χ0) is 17.7. The van der Waals surface area contributed by atoms with Crippen molar-refractivity contribution >= 4 is 23.7 Å². The molecular weight excluding hydrogens is 324 g/mol. The molecule has 1 atom stereocenters. The standard InChI is InChI=1S/C17H28N4O2S/c1-17(2,3)23-16(22)21-10-6-7-13(12-21)11-20(4)14-8-9-18-15(19-14)24-5/h8-9,13H,6-7,10-12H2,1-5H3. The molecule has 1 saturated heterocycles. The minimum absolute atomic E-state index is 0.207. The molecule has 1 aliphatic rings. The lowest BCUT2D eigenvalue weighted by atomic mass is 9.98. The first-order chi connectivity index (χ1) is 11.3. The van der Waals surface area contributed by atoms with Gasteiger partial charge in [-0.25, -0.2) is 14.8 Å². The van der Waals surface area contributed by atoms with Crippen LogP contribution in [0.3, 0.4) is 0 Å². The fourth-order valence-corrected chi connectivity index (χ4v) is 3.18. The van der Waals surface area contributed by atoms with Gasteiger partial charge in [0.2, 0.25) is 0 Å². The van der Waals surface area contributed by atoms with E-state index in [1.165, 1.54) is 11.8 Å². The van der Waals surface area contributed by atoms with Gasteiger partial charge in [0, 0.05) is 32.9 Å². The minimum atomic E-state index is -0.448. The van der Waals surface area contributed by atoms with Crippen LogP contribution in [0.5, 0.6) is 0 Å². The summed E-state index contributed by atoms with van der Waals surface area (Å²) >= 11 is 1.54. The maximum atomic E-state index is 12.3.